The molecule has 0 saturated heterocycles. The number of benzene rings is 2. The van der Waals surface area contributed by atoms with Crippen LogP contribution in [-0.2, 0) is 13.0 Å². The molecular formula is C18H23NO2. The van der Waals surface area contributed by atoms with Crippen LogP contribution in [0.5, 0.6) is 11.5 Å². The molecule has 2 rings (SSSR count). The Balaban J connectivity index is 1.86. The van der Waals surface area contributed by atoms with E-state index >= 15 is 0 Å². The molecular weight excluding hydrogens is 262 g/mol. The lowest BCUT2D eigenvalue weighted by atomic mass is 10.1. The molecule has 112 valence electrons. The Kier molecular flexibility index (Phi) is 5.64. The Bertz CT molecular complexity index is 581. The Morgan fingerprint density at radius 3 is 2.57 bits per heavy atom. The van der Waals surface area contributed by atoms with Gasteiger partial charge in [0.15, 0.2) is 0 Å². The third-order valence-electron chi connectivity index (χ3n) is 3.48. The van der Waals surface area contributed by atoms with Gasteiger partial charge in [0, 0.05) is 18.2 Å². The lowest BCUT2D eigenvalue weighted by molar-refractivity contribution is 0.390. The fraction of sp³-hybridized carbons (Fsp3) is 0.333. The molecule has 2 aromatic carbocycles. The van der Waals surface area contributed by atoms with Crippen LogP contribution in [0.2, 0.25) is 0 Å². The molecule has 0 atom stereocenters. The van der Waals surface area contributed by atoms with Crippen LogP contribution in [0.3, 0.4) is 0 Å². The first-order valence-corrected chi connectivity index (χ1v) is 7.20. The number of nitrogens with one attached hydrogen (secondary N) is 1. The number of rotatable bonds is 7. The number of hydrogen-bond donors (Lipinski definition) is 1. The summed E-state index contributed by atoms with van der Waals surface area (Å²) >= 11 is 0. The molecule has 0 aliphatic heterocycles. The Morgan fingerprint density at radius 1 is 1.00 bits per heavy atom. The Hall–Kier alpha value is -2.00. The van der Waals surface area contributed by atoms with Gasteiger partial charge in [-0.05, 0) is 31.5 Å². The van der Waals surface area contributed by atoms with Crippen LogP contribution in [0.1, 0.15) is 16.7 Å². The summed E-state index contributed by atoms with van der Waals surface area (Å²) in [6.07, 6.45) is 1.03. The standard InChI is InChI=1S/C18H23NO2/c1-14-5-4-6-15(11-14)9-10-19-13-16-7-8-17(20-2)12-18(16)21-3/h4-8,11-12,19H,9-10,13H2,1-3H3. The van der Waals surface area contributed by atoms with Gasteiger partial charge in [-0.3, -0.25) is 0 Å². The van der Waals surface area contributed by atoms with Crippen LogP contribution in [0, 0.1) is 6.92 Å². The van der Waals surface area contributed by atoms with Crippen LogP contribution < -0.4 is 14.8 Å². The molecule has 0 amide bonds. The van der Waals surface area contributed by atoms with Gasteiger partial charge >= 0.3 is 0 Å². The molecule has 0 aliphatic rings. The molecule has 0 heterocycles. The summed E-state index contributed by atoms with van der Waals surface area (Å²) < 4.78 is 10.6. The molecule has 0 unspecified atom stereocenters. The second-order valence-electron chi connectivity index (χ2n) is 5.09. The van der Waals surface area contributed by atoms with Gasteiger partial charge in [-0.15, -0.1) is 0 Å². The molecule has 0 radical (unpaired) electrons. The van der Waals surface area contributed by atoms with Crippen molar-refractivity contribution in [2.45, 2.75) is 19.9 Å². The van der Waals surface area contributed by atoms with Gasteiger partial charge in [0.25, 0.3) is 0 Å². The van der Waals surface area contributed by atoms with Gasteiger partial charge in [-0.25, -0.2) is 0 Å². The minimum absolute atomic E-state index is 0.791. The predicted octanol–water partition coefficient (Wildman–Crippen LogP) is 3.34. The van der Waals surface area contributed by atoms with Crippen molar-refractivity contribution in [1.82, 2.24) is 5.32 Å². The largest absolute Gasteiger partial charge is 0.497 e. The van der Waals surface area contributed by atoms with Crippen LogP contribution >= 0.6 is 0 Å². The molecule has 3 heteroatoms. The minimum Gasteiger partial charge on any atom is -0.497 e. The van der Waals surface area contributed by atoms with Gasteiger partial charge in [0.1, 0.15) is 11.5 Å². The van der Waals surface area contributed by atoms with Crippen LogP contribution in [-0.4, -0.2) is 20.8 Å². The van der Waals surface area contributed by atoms with E-state index in [-0.39, 0.29) is 0 Å². The highest BCUT2D eigenvalue weighted by atomic mass is 16.5. The summed E-state index contributed by atoms with van der Waals surface area (Å²) in [5.74, 6) is 1.67. The summed E-state index contributed by atoms with van der Waals surface area (Å²) in [7, 11) is 3.35. The number of methoxy groups -OCH3 is 2. The van der Waals surface area contributed by atoms with Crippen LogP contribution in [0.25, 0.3) is 0 Å². The smallest absolute Gasteiger partial charge is 0.127 e. The van der Waals surface area contributed by atoms with Crippen molar-refractivity contribution in [1.29, 1.82) is 0 Å². The van der Waals surface area contributed by atoms with Crippen molar-refractivity contribution in [2.24, 2.45) is 0 Å². The van der Waals surface area contributed by atoms with E-state index in [1.165, 1.54) is 11.1 Å². The summed E-state index contributed by atoms with van der Waals surface area (Å²) in [4.78, 5) is 0. The first-order chi connectivity index (χ1) is 10.2. The van der Waals surface area contributed by atoms with Gasteiger partial charge in [-0.2, -0.15) is 0 Å². The molecule has 0 saturated carbocycles. The predicted molar refractivity (Wildman–Crippen MR) is 86.1 cm³/mol. The molecule has 2 aromatic rings. The third kappa shape index (κ3) is 4.50. The molecule has 0 spiro atoms. The number of ether oxygens (including phenoxy) is 2. The second-order valence-corrected chi connectivity index (χ2v) is 5.09. The van der Waals surface area contributed by atoms with E-state index in [4.69, 9.17) is 9.47 Å². The van der Waals surface area contributed by atoms with Crippen LogP contribution in [0.15, 0.2) is 42.5 Å². The van der Waals surface area contributed by atoms with Gasteiger partial charge in [0.2, 0.25) is 0 Å². The Morgan fingerprint density at radius 2 is 1.86 bits per heavy atom. The fourth-order valence-corrected chi connectivity index (χ4v) is 2.32. The van der Waals surface area contributed by atoms with E-state index in [0.717, 1.165) is 36.6 Å². The highest BCUT2D eigenvalue weighted by Crippen LogP contribution is 2.24. The fourth-order valence-electron chi connectivity index (χ4n) is 2.32. The molecule has 0 bridgehead atoms. The minimum atomic E-state index is 0.791. The zero-order valence-corrected chi connectivity index (χ0v) is 13.0. The van der Waals surface area contributed by atoms with E-state index < -0.39 is 0 Å². The highest BCUT2D eigenvalue weighted by molar-refractivity contribution is 5.40. The van der Waals surface area contributed by atoms with E-state index in [0.29, 0.717) is 0 Å². The van der Waals surface area contributed by atoms with Gasteiger partial charge in [0.05, 0.1) is 14.2 Å². The lowest BCUT2D eigenvalue weighted by Gasteiger charge is -2.11. The maximum Gasteiger partial charge on any atom is 0.127 e. The molecule has 1 N–H and O–H groups in total. The summed E-state index contributed by atoms with van der Waals surface area (Å²) in [5, 5.41) is 3.46. The lowest BCUT2D eigenvalue weighted by Crippen LogP contribution is -2.17. The maximum absolute atomic E-state index is 5.40. The van der Waals surface area contributed by atoms with Crippen molar-refractivity contribution in [2.75, 3.05) is 20.8 Å². The average Bonchev–Trinajstić information content (AvgIpc) is 2.51. The van der Waals surface area contributed by atoms with Crippen molar-refractivity contribution in [3.8, 4) is 11.5 Å². The summed E-state index contributed by atoms with van der Waals surface area (Å²) in [6, 6.07) is 14.5. The third-order valence-corrected chi connectivity index (χ3v) is 3.48. The summed E-state index contributed by atoms with van der Waals surface area (Å²) in [6.45, 7) is 3.86. The van der Waals surface area contributed by atoms with Crippen LogP contribution in [0.4, 0.5) is 0 Å². The van der Waals surface area contributed by atoms with Gasteiger partial charge in [-0.1, -0.05) is 35.9 Å². The molecule has 3 nitrogen and oxygen atoms in total. The monoisotopic (exact) mass is 285 g/mol. The van der Waals surface area contributed by atoms with Gasteiger partial charge < -0.3 is 14.8 Å². The molecule has 0 fully saturated rings. The molecule has 0 aliphatic carbocycles. The topological polar surface area (TPSA) is 30.5 Å². The maximum atomic E-state index is 5.40. The van der Waals surface area contributed by atoms with E-state index in [1.54, 1.807) is 14.2 Å². The summed E-state index contributed by atoms with van der Waals surface area (Å²) in [5.41, 5.74) is 3.82. The number of hydrogen-bond acceptors (Lipinski definition) is 3. The normalized spacial score (nSPS) is 10.4. The van der Waals surface area contributed by atoms with Crippen molar-refractivity contribution >= 4 is 0 Å². The van der Waals surface area contributed by atoms with E-state index in [1.807, 2.05) is 18.2 Å². The molecule has 0 aromatic heterocycles. The van der Waals surface area contributed by atoms with Crippen molar-refractivity contribution < 1.29 is 9.47 Å². The molecule has 21 heavy (non-hydrogen) atoms. The van der Waals surface area contributed by atoms with E-state index in [2.05, 4.69) is 36.5 Å². The highest BCUT2D eigenvalue weighted by Gasteiger charge is 2.04. The number of aryl methyl sites for hydroxylation is 1. The van der Waals surface area contributed by atoms with E-state index in [9.17, 15) is 0 Å². The van der Waals surface area contributed by atoms with Crippen molar-refractivity contribution in [3.05, 3.63) is 59.2 Å². The Labute approximate surface area is 126 Å². The average molecular weight is 285 g/mol. The van der Waals surface area contributed by atoms with Crippen molar-refractivity contribution in [3.63, 3.8) is 0 Å². The first kappa shape index (κ1) is 15.4. The second kappa shape index (κ2) is 7.70. The zero-order chi connectivity index (χ0) is 15.1. The zero-order valence-electron chi connectivity index (χ0n) is 13.0. The SMILES string of the molecule is COc1ccc(CNCCc2cccc(C)c2)c(OC)c1. The quantitative estimate of drug-likeness (QED) is 0.791. The first-order valence-electron chi connectivity index (χ1n) is 7.20.